The van der Waals surface area contributed by atoms with Crippen LogP contribution in [0.5, 0.6) is 0 Å². The second kappa shape index (κ2) is 28.1. The van der Waals surface area contributed by atoms with Crippen LogP contribution in [0, 0.1) is 10.8 Å². The van der Waals surface area contributed by atoms with Crippen molar-refractivity contribution < 1.29 is 84.3 Å². The SMILES string of the molecule is N=C1N=CNC2C1N=CN2C1CC(O)C(CO)O1.N=C1NC(=O)C2N=CN(C3CC(O)C(CO)O3)C2N1.NC1=NC(=O)N(C2CC(O)C(CO)O2)CC1.Nc1ccnc2c1NCN2C1CC(O)C(CO)O1.Nc1nc2c(c(=O)[nH]1)NCN2C1CC(O)C(CO)O1. The van der Waals surface area contributed by atoms with E-state index in [0.717, 1.165) is 11.5 Å². The number of aromatic amines is 1. The lowest BCUT2D eigenvalue weighted by molar-refractivity contribution is -0.124. The zero-order valence-corrected chi connectivity index (χ0v) is 48.1. The standard InChI is InChI=1S/C11H16N4O3.2C10H15N5O4.C10H15N5O3.C9H15N3O4/c12-6-1-2-13-11-10(6)14-5-15(11)9-3-7(17)8(4-16)18-9;2*11-10-13-8-7(9(18)14-10)12-3-15(8)6-1-4(17)5(2-16)19-6;11-9-8-10(13-3-12-9)15(4-14-8)7-1-5(17)6(2-16)18-7;10-7-1-2-12(9(15)11-7)8-3-5(14)6(4-13)16-8/h1-2,7-9,14,16-17H,3-5H2,(H2,12,13);4-6,12,16-17H,1-3H2,(H3,11,13,14,18);3-8,16-17H,1-2H2,(H3,11,13,14,18);3-8,10,16-17H,1-2H2,(H2,11,12,13);5-6,8,13-14H,1-4H2,(H2,10,11,15). The van der Waals surface area contributed by atoms with Gasteiger partial charge in [0.15, 0.2) is 29.5 Å². The minimum Gasteiger partial charge on any atom is -0.397 e. The maximum Gasteiger partial charge on any atom is 0.347 e. The number of H-pyrrole nitrogens is 1. The number of aliphatic hydroxyl groups excluding tert-OH is 10. The number of guanidine groups is 1. The number of carbonyl (C=O) groups is 2. The number of hydrogen-bond donors (Lipinski definition) is 21. The molecule has 40 nitrogen and oxygen atoms in total. The molecule has 90 heavy (non-hydrogen) atoms. The summed E-state index contributed by atoms with van der Waals surface area (Å²) >= 11 is 0. The van der Waals surface area contributed by atoms with Crippen LogP contribution in [0.2, 0.25) is 0 Å². The van der Waals surface area contributed by atoms with Gasteiger partial charge in [-0.15, -0.1) is 0 Å². The van der Waals surface area contributed by atoms with E-state index in [1.807, 2.05) is 9.80 Å². The Kier molecular flexibility index (Phi) is 20.4. The number of nitrogens with one attached hydrogen (secondary N) is 8. The van der Waals surface area contributed by atoms with Gasteiger partial charge >= 0.3 is 6.03 Å². The molecule has 24 N–H and O–H groups in total. The molecule has 0 bridgehead atoms. The molecule has 14 rings (SSSR count). The second-order valence-electron chi connectivity index (χ2n) is 22.3. The first-order chi connectivity index (χ1) is 43.2. The van der Waals surface area contributed by atoms with Crippen molar-refractivity contribution in [1.29, 1.82) is 10.8 Å². The molecule has 6 fully saturated rings. The summed E-state index contributed by atoms with van der Waals surface area (Å²) in [4.78, 5) is 70.0. The minimum atomic E-state index is -0.751. The van der Waals surface area contributed by atoms with Crippen molar-refractivity contribution in [1.82, 2.24) is 45.6 Å². The van der Waals surface area contributed by atoms with E-state index in [0.29, 0.717) is 81.4 Å². The molecule has 40 heteroatoms. The third-order valence-electron chi connectivity index (χ3n) is 16.5. The molecular weight excluding hydrogens is 1200 g/mol. The van der Waals surface area contributed by atoms with Crippen LogP contribution in [-0.2, 0) is 28.5 Å². The molecule has 0 aliphatic carbocycles. The number of amides is 3. The maximum absolute atomic E-state index is 11.7. The highest BCUT2D eigenvalue weighted by molar-refractivity contribution is 6.02. The van der Waals surface area contributed by atoms with Crippen LogP contribution in [0.15, 0.2) is 37.0 Å². The van der Waals surface area contributed by atoms with Gasteiger partial charge in [-0.05, 0) is 6.07 Å². The van der Waals surface area contributed by atoms with Crippen molar-refractivity contribution in [3.63, 3.8) is 0 Å². The Morgan fingerprint density at radius 3 is 1.61 bits per heavy atom. The first-order valence-corrected chi connectivity index (χ1v) is 28.9. The van der Waals surface area contributed by atoms with Crippen molar-refractivity contribution in [2.45, 2.75) is 155 Å². The lowest BCUT2D eigenvalue weighted by Crippen LogP contribution is -2.65. The largest absolute Gasteiger partial charge is 0.397 e. The predicted molar refractivity (Wildman–Crippen MR) is 314 cm³/mol. The van der Waals surface area contributed by atoms with Crippen LogP contribution in [0.25, 0.3) is 0 Å². The number of amidine groups is 2. The molecule has 19 unspecified atom stereocenters. The average molecular weight is 1270 g/mol. The van der Waals surface area contributed by atoms with Gasteiger partial charge in [-0.2, -0.15) is 9.98 Å². The lowest BCUT2D eigenvalue weighted by Gasteiger charge is -2.35. The normalized spacial score (nSPS) is 35.7. The number of aliphatic imine (C=N–C) groups is 4. The number of nitrogens with two attached hydrogens (primary N) is 3. The summed E-state index contributed by atoms with van der Waals surface area (Å²) in [6.45, 7) is 0.139. The van der Waals surface area contributed by atoms with E-state index in [1.54, 1.807) is 28.4 Å². The van der Waals surface area contributed by atoms with Crippen LogP contribution in [-0.4, -0.2) is 299 Å². The first kappa shape index (κ1) is 65.2. The Morgan fingerprint density at radius 2 is 1.09 bits per heavy atom. The second-order valence-corrected chi connectivity index (χ2v) is 22.3. The fourth-order valence-electron chi connectivity index (χ4n) is 11.7. The van der Waals surface area contributed by atoms with Gasteiger partial charge in [0, 0.05) is 51.3 Å². The van der Waals surface area contributed by atoms with E-state index in [4.69, 9.17) is 77.2 Å². The molecule has 2 aromatic heterocycles. The fourth-order valence-corrected chi connectivity index (χ4v) is 11.7. The number of anilines is 6. The highest BCUT2D eigenvalue weighted by atomic mass is 16.6. The molecule has 3 amide bonds. The topological polar surface area (TPSA) is 593 Å². The van der Waals surface area contributed by atoms with Gasteiger partial charge in [0.05, 0.1) is 102 Å². The molecule has 0 aromatic carbocycles. The molecule has 2 aromatic rings. The number of aliphatic hydroxyl groups is 10. The Morgan fingerprint density at radius 1 is 0.611 bits per heavy atom. The van der Waals surface area contributed by atoms with E-state index < -0.39 is 98.0 Å². The van der Waals surface area contributed by atoms with Crippen molar-refractivity contribution in [2.75, 3.05) is 84.8 Å². The zero-order chi connectivity index (χ0) is 64.2. The number of ether oxygens (including phenoxy) is 5. The summed E-state index contributed by atoms with van der Waals surface area (Å²) in [6.07, 6.45) is -0.762. The van der Waals surface area contributed by atoms with E-state index in [1.165, 1.54) is 17.6 Å². The van der Waals surface area contributed by atoms with Gasteiger partial charge in [-0.1, -0.05) is 0 Å². The van der Waals surface area contributed by atoms with E-state index in [2.05, 4.69) is 61.5 Å². The fraction of sp³-hybridized carbons (Fsp3) is 0.660. The zero-order valence-electron chi connectivity index (χ0n) is 48.1. The Balaban J connectivity index is 0.000000124. The molecule has 6 saturated heterocycles. The Bertz CT molecular complexity index is 3100. The number of nitrogens with zero attached hydrogens (tertiary/aromatic N) is 11. The number of hydrogen-bond acceptors (Lipinski definition) is 34. The average Bonchev–Trinajstić information content (AvgIpc) is 1.77. The third kappa shape index (κ3) is 13.8. The monoisotopic (exact) mass is 1270 g/mol. The highest BCUT2D eigenvalue weighted by Gasteiger charge is 2.49. The van der Waals surface area contributed by atoms with Crippen molar-refractivity contribution in [2.24, 2.45) is 25.7 Å². The molecule has 494 valence electrons. The van der Waals surface area contributed by atoms with Crippen molar-refractivity contribution >= 4 is 83.2 Å². The number of carbonyl (C=O) groups excluding carboxylic acids is 2. The lowest BCUT2D eigenvalue weighted by atomic mass is 10.1. The Labute approximate surface area is 511 Å². The van der Waals surface area contributed by atoms with Crippen LogP contribution in [0.1, 0.15) is 38.5 Å². The van der Waals surface area contributed by atoms with Crippen molar-refractivity contribution in [3.8, 4) is 0 Å². The number of urea groups is 1. The minimum absolute atomic E-state index is 0.0229. The smallest absolute Gasteiger partial charge is 0.347 e. The predicted octanol–water partition coefficient (Wildman–Crippen LogP) is -8.78. The number of pyridine rings is 1. The number of fused-ring (bicyclic) bond motifs is 4. The van der Waals surface area contributed by atoms with Crippen LogP contribution < -0.4 is 59.1 Å². The molecule has 12 aliphatic heterocycles. The Hall–Kier alpha value is -7.81. The summed E-state index contributed by atoms with van der Waals surface area (Å²) in [5, 5.41) is 123. The van der Waals surface area contributed by atoms with Crippen molar-refractivity contribution in [3.05, 3.63) is 22.6 Å². The molecule has 19 atom stereocenters. The van der Waals surface area contributed by atoms with Gasteiger partial charge in [0.2, 0.25) is 5.95 Å². The number of rotatable bonds is 10. The molecule has 14 heterocycles. The van der Waals surface area contributed by atoms with E-state index in [-0.39, 0.29) is 86.9 Å². The van der Waals surface area contributed by atoms with E-state index >= 15 is 0 Å². The summed E-state index contributed by atoms with van der Waals surface area (Å²) < 4.78 is 27.6. The quantitative estimate of drug-likeness (QED) is 0.105. The highest BCUT2D eigenvalue weighted by Crippen LogP contribution is 2.39. The van der Waals surface area contributed by atoms with Gasteiger partial charge in [-0.25, -0.2) is 14.8 Å². The van der Waals surface area contributed by atoms with Crippen LogP contribution in [0.4, 0.5) is 39.4 Å². The first-order valence-electron chi connectivity index (χ1n) is 28.9. The molecular formula is C50H76N22O18. The van der Waals surface area contributed by atoms with Gasteiger partial charge in [0.1, 0.15) is 97.2 Å². The summed E-state index contributed by atoms with van der Waals surface area (Å²) in [7, 11) is 0. The summed E-state index contributed by atoms with van der Waals surface area (Å²) in [5.41, 5.74) is 18.2. The maximum atomic E-state index is 11.7. The van der Waals surface area contributed by atoms with E-state index in [9.17, 15) is 39.9 Å². The summed E-state index contributed by atoms with van der Waals surface area (Å²) in [5.74, 6) is 1.24. The van der Waals surface area contributed by atoms with Gasteiger partial charge < -0.3 is 133 Å². The van der Waals surface area contributed by atoms with Gasteiger partial charge in [-0.3, -0.25) is 45.6 Å². The summed E-state index contributed by atoms with van der Waals surface area (Å²) in [6, 6.07) is 0.308. The molecule has 0 radical (unpaired) electrons. The molecule has 0 spiro atoms. The molecule has 0 saturated carbocycles. The third-order valence-corrected chi connectivity index (χ3v) is 16.5. The number of aromatic nitrogens is 3. The molecule has 12 aliphatic rings. The van der Waals surface area contributed by atoms with Crippen LogP contribution >= 0.6 is 0 Å². The van der Waals surface area contributed by atoms with Gasteiger partial charge in [0.25, 0.3) is 11.5 Å². The van der Waals surface area contributed by atoms with Crippen LogP contribution in [0.3, 0.4) is 0 Å². The number of nitrogen functional groups attached to an aromatic ring is 2.